The van der Waals surface area contributed by atoms with Crippen LogP contribution in [-0.2, 0) is 12.8 Å². The van der Waals surface area contributed by atoms with Gasteiger partial charge in [-0.05, 0) is 60.7 Å². The summed E-state index contributed by atoms with van der Waals surface area (Å²) in [5, 5.41) is 5.41. The van der Waals surface area contributed by atoms with Crippen LogP contribution in [0.25, 0.3) is 0 Å². The highest BCUT2D eigenvalue weighted by Crippen LogP contribution is 2.29. The molecule has 2 aromatic rings. The van der Waals surface area contributed by atoms with Crippen LogP contribution in [0.2, 0.25) is 0 Å². The molecule has 1 aromatic heterocycles. The molecule has 1 unspecified atom stereocenters. The fourth-order valence-corrected chi connectivity index (χ4v) is 3.71. The SMILES string of the molecule is CCc1ccsc1C(Cc1cc(Br)ccc1F)NC. The van der Waals surface area contributed by atoms with E-state index < -0.39 is 0 Å². The van der Waals surface area contributed by atoms with Gasteiger partial charge >= 0.3 is 0 Å². The summed E-state index contributed by atoms with van der Waals surface area (Å²) in [7, 11) is 1.93. The van der Waals surface area contributed by atoms with Crippen molar-refractivity contribution < 1.29 is 4.39 Å². The van der Waals surface area contributed by atoms with Crippen molar-refractivity contribution in [2.24, 2.45) is 0 Å². The average molecular weight is 342 g/mol. The monoisotopic (exact) mass is 341 g/mol. The van der Waals surface area contributed by atoms with Gasteiger partial charge < -0.3 is 5.32 Å². The predicted octanol–water partition coefficient (Wildman–Crippen LogP) is 4.72. The van der Waals surface area contributed by atoms with Gasteiger partial charge in [0.25, 0.3) is 0 Å². The van der Waals surface area contributed by atoms with Gasteiger partial charge in [-0.25, -0.2) is 4.39 Å². The van der Waals surface area contributed by atoms with Crippen molar-refractivity contribution in [3.05, 3.63) is 55.9 Å². The van der Waals surface area contributed by atoms with Crippen molar-refractivity contribution in [3.8, 4) is 0 Å². The summed E-state index contributed by atoms with van der Waals surface area (Å²) in [6.07, 6.45) is 1.67. The minimum atomic E-state index is -0.141. The Labute approximate surface area is 126 Å². The second-order valence-electron chi connectivity index (χ2n) is 4.44. The molecule has 1 nitrogen and oxygen atoms in total. The minimum Gasteiger partial charge on any atom is -0.312 e. The molecule has 0 saturated heterocycles. The molecule has 102 valence electrons. The molecule has 2 rings (SSSR count). The number of hydrogen-bond donors (Lipinski definition) is 1. The van der Waals surface area contributed by atoms with Crippen molar-refractivity contribution in [2.75, 3.05) is 7.05 Å². The van der Waals surface area contributed by atoms with Crippen LogP contribution in [0.1, 0.15) is 29.0 Å². The van der Waals surface area contributed by atoms with Crippen molar-refractivity contribution in [3.63, 3.8) is 0 Å². The third-order valence-corrected chi connectivity index (χ3v) is 4.82. The Morgan fingerprint density at radius 1 is 1.32 bits per heavy atom. The van der Waals surface area contributed by atoms with Crippen LogP contribution in [0.5, 0.6) is 0 Å². The molecule has 0 bridgehead atoms. The molecule has 1 N–H and O–H groups in total. The third-order valence-electron chi connectivity index (χ3n) is 3.26. The topological polar surface area (TPSA) is 12.0 Å². The molecule has 19 heavy (non-hydrogen) atoms. The van der Waals surface area contributed by atoms with E-state index in [1.54, 1.807) is 17.4 Å². The fourth-order valence-electron chi connectivity index (χ4n) is 2.19. The van der Waals surface area contributed by atoms with Crippen LogP contribution in [0.3, 0.4) is 0 Å². The number of aryl methyl sites for hydroxylation is 1. The third kappa shape index (κ3) is 3.44. The van der Waals surface area contributed by atoms with Gasteiger partial charge in [-0.1, -0.05) is 22.9 Å². The lowest BCUT2D eigenvalue weighted by Crippen LogP contribution is -2.19. The fraction of sp³-hybridized carbons (Fsp3) is 0.333. The number of benzene rings is 1. The summed E-state index contributed by atoms with van der Waals surface area (Å²) in [4.78, 5) is 1.31. The van der Waals surface area contributed by atoms with E-state index in [1.807, 2.05) is 13.1 Å². The molecule has 1 aromatic carbocycles. The van der Waals surface area contributed by atoms with Crippen LogP contribution in [-0.4, -0.2) is 7.05 Å². The van der Waals surface area contributed by atoms with Crippen LogP contribution in [0, 0.1) is 5.82 Å². The first-order chi connectivity index (χ1) is 9.15. The number of likely N-dealkylation sites (N-methyl/N-ethyl adjacent to an activating group) is 1. The number of nitrogens with one attached hydrogen (secondary N) is 1. The minimum absolute atomic E-state index is 0.141. The number of thiophene rings is 1. The molecule has 4 heteroatoms. The van der Waals surface area contributed by atoms with Crippen molar-refractivity contribution in [2.45, 2.75) is 25.8 Å². The largest absolute Gasteiger partial charge is 0.312 e. The number of hydrogen-bond acceptors (Lipinski definition) is 2. The highest BCUT2D eigenvalue weighted by Gasteiger charge is 2.17. The van der Waals surface area contributed by atoms with Gasteiger partial charge in [0.05, 0.1) is 0 Å². The van der Waals surface area contributed by atoms with E-state index >= 15 is 0 Å². The number of halogens is 2. The summed E-state index contributed by atoms with van der Waals surface area (Å²) >= 11 is 5.14. The zero-order valence-corrected chi connectivity index (χ0v) is 13.4. The van der Waals surface area contributed by atoms with Gasteiger partial charge in [-0.2, -0.15) is 0 Å². The molecule has 0 aliphatic carbocycles. The quantitative estimate of drug-likeness (QED) is 0.829. The highest BCUT2D eigenvalue weighted by molar-refractivity contribution is 9.10. The molecule has 0 aliphatic rings. The summed E-state index contributed by atoms with van der Waals surface area (Å²) in [6, 6.07) is 7.43. The van der Waals surface area contributed by atoms with Crippen LogP contribution < -0.4 is 5.32 Å². The molecule has 0 saturated carbocycles. The molecule has 0 aliphatic heterocycles. The van der Waals surface area contributed by atoms with Gasteiger partial charge in [-0.15, -0.1) is 11.3 Å². The second-order valence-corrected chi connectivity index (χ2v) is 6.31. The van der Waals surface area contributed by atoms with Gasteiger partial charge in [-0.3, -0.25) is 0 Å². The van der Waals surface area contributed by atoms with Gasteiger partial charge in [0.2, 0.25) is 0 Å². The Morgan fingerprint density at radius 2 is 2.11 bits per heavy atom. The lowest BCUT2D eigenvalue weighted by atomic mass is 10.0. The lowest BCUT2D eigenvalue weighted by molar-refractivity contribution is 0.557. The Bertz CT molecular complexity index is 553. The zero-order valence-electron chi connectivity index (χ0n) is 11.0. The first-order valence-corrected chi connectivity index (χ1v) is 8.00. The summed E-state index contributed by atoms with van der Waals surface area (Å²) in [5.41, 5.74) is 2.09. The molecule has 0 amide bonds. The maximum Gasteiger partial charge on any atom is 0.126 e. The van der Waals surface area contributed by atoms with Gasteiger partial charge in [0.15, 0.2) is 0 Å². The molecule has 0 radical (unpaired) electrons. The van der Waals surface area contributed by atoms with Crippen molar-refractivity contribution >= 4 is 27.3 Å². The number of rotatable bonds is 5. The molecular formula is C15H17BrFNS. The Hall–Kier alpha value is -0.710. The van der Waals surface area contributed by atoms with E-state index in [9.17, 15) is 4.39 Å². The molecule has 1 heterocycles. The van der Waals surface area contributed by atoms with Gasteiger partial charge in [0, 0.05) is 15.4 Å². The normalized spacial score (nSPS) is 12.6. The predicted molar refractivity (Wildman–Crippen MR) is 83.3 cm³/mol. The lowest BCUT2D eigenvalue weighted by Gasteiger charge is -2.17. The van der Waals surface area contributed by atoms with Crippen molar-refractivity contribution in [1.29, 1.82) is 0 Å². The summed E-state index contributed by atoms with van der Waals surface area (Å²) in [6.45, 7) is 2.15. The van der Waals surface area contributed by atoms with Crippen molar-refractivity contribution in [1.82, 2.24) is 5.32 Å². The first-order valence-electron chi connectivity index (χ1n) is 6.33. The standard InChI is InChI=1S/C15H17BrFNS/c1-3-10-6-7-19-15(10)14(18-2)9-11-8-12(16)4-5-13(11)17/h4-8,14,18H,3,9H2,1-2H3. The molecule has 0 spiro atoms. The van der Waals surface area contributed by atoms with E-state index in [0.29, 0.717) is 6.42 Å². The smallest absolute Gasteiger partial charge is 0.126 e. The Kier molecular flexibility index (Phi) is 5.13. The van der Waals surface area contributed by atoms with Crippen LogP contribution in [0.15, 0.2) is 34.1 Å². The zero-order chi connectivity index (χ0) is 13.8. The Morgan fingerprint density at radius 3 is 2.79 bits per heavy atom. The summed E-state index contributed by atoms with van der Waals surface area (Å²) in [5.74, 6) is -0.141. The highest BCUT2D eigenvalue weighted by atomic mass is 79.9. The van der Waals surface area contributed by atoms with Crippen LogP contribution >= 0.6 is 27.3 Å². The van der Waals surface area contributed by atoms with E-state index in [4.69, 9.17) is 0 Å². The van der Waals surface area contributed by atoms with Crippen LogP contribution in [0.4, 0.5) is 4.39 Å². The molecule has 1 atom stereocenters. The summed E-state index contributed by atoms with van der Waals surface area (Å²) < 4.78 is 14.8. The van der Waals surface area contributed by atoms with E-state index in [0.717, 1.165) is 16.5 Å². The average Bonchev–Trinajstić information content (AvgIpc) is 2.88. The van der Waals surface area contributed by atoms with Gasteiger partial charge in [0.1, 0.15) is 5.82 Å². The maximum atomic E-state index is 13.8. The molecular weight excluding hydrogens is 325 g/mol. The maximum absolute atomic E-state index is 13.8. The molecule has 0 fully saturated rings. The first kappa shape index (κ1) is 14.7. The van der Waals surface area contributed by atoms with E-state index in [2.05, 4.69) is 39.6 Å². The van der Waals surface area contributed by atoms with E-state index in [1.165, 1.54) is 16.5 Å². The second kappa shape index (κ2) is 6.64. The van der Waals surface area contributed by atoms with E-state index in [-0.39, 0.29) is 11.9 Å². The Balaban J connectivity index is 2.26.